The molecule has 1 atom stereocenters. The number of rotatable bonds is 16. The Balaban J connectivity index is 1.38. The van der Waals surface area contributed by atoms with Crippen molar-refractivity contribution in [1.29, 1.82) is 0 Å². The van der Waals surface area contributed by atoms with E-state index >= 15 is 0 Å². The van der Waals surface area contributed by atoms with Crippen molar-refractivity contribution in [2.24, 2.45) is 0 Å². The Bertz CT molecular complexity index is 1630. The Morgan fingerprint density at radius 3 is 2.10 bits per heavy atom. The second-order valence-corrected chi connectivity index (χ2v) is 12.8. The lowest BCUT2D eigenvalue weighted by molar-refractivity contribution is -0.138. The monoisotopic (exact) mass is 651 g/mol. The van der Waals surface area contributed by atoms with Crippen molar-refractivity contribution in [3.63, 3.8) is 0 Å². The van der Waals surface area contributed by atoms with Crippen molar-refractivity contribution in [3.8, 4) is 28.4 Å². The molecule has 0 aliphatic heterocycles. The summed E-state index contributed by atoms with van der Waals surface area (Å²) in [5, 5.41) is 22.9. The first kappa shape index (κ1) is 35.7. The van der Waals surface area contributed by atoms with Crippen molar-refractivity contribution in [1.82, 2.24) is 25.8 Å². The smallest absolute Gasteiger partial charge is 0.322 e. The van der Waals surface area contributed by atoms with Gasteiger partial charge in [0.1, 0.15) is 24.0 Å². The topological polar surface area (TPSA) is 143 Å². The molecule has 10 nitrogen and oxygen atoms in total. The Morgan fingerprint density at radius 2 is 1.50 bits per heavy atom. The molecule has 2 amide bonds. The number of hydrogen-bond donors (Lipinski definition) is 3. The fourth-order valence-corrected chi connectivity index (χ4v) is 5.04. The SMILES string of the molecule is CCCCCCCOc1ccc(-c2cnc(-c3ccc(CC(NC(=O)c4ccc(C(C)(C)C)cc4)C(=O)NCC(=O)O)cc3)nn2)cc1. The summed E-state index contributed by atoms with van der Waals surface area (Å²) in [6, 6.07) is 21.2. The average Bonchev–Trinajstić information content (AvgIpc) is 3.08. The molecule has 0 saturated carbocycles. The Hall–Kier alpha value is -5.12. The number of carbonyl (C=O) groups excluding carboxylic acids is 2. The average molecular weight is 652 g/mol. The molecule has 0 bridgehead atoms. The third kappa shape index (κ3) is 10.7. The number of nitrogens with zero attached hydrogens (tertiary/aromatic N) is 3. The molecule has 3 aromatic carbocycles. The molecule has 0 spiro atoms. The molecule has 0 aliphatic carbocycles. The fraction of sp³-hybridized carbons (Fsp3) is 0.368. The van der Waals surface area contributed by atoms with Gasteiger partial charge in [0, 0.05) is 23.1 Å². The molecule has 10 heteroatoms. The third-order valence-corrected chi connectivity index (χ3v) is 7.93. The second kappa shape index (κ2) is 17.2. The summed E-state index contributed by atoms with van der Waals surface area (Å²) < 4.78 is 5.86. The van der Waals surface area contributed by atoms with Gasteiger partial charge in [-0.2, -0.15) is 0 Å². The van der Waals surface area contributed by atoms with Crippen LogP contribution in [0.15, 0.2) is 79.0 Å². The zero-order chi connectivity index (χ0) is 34.5. The van der Waals surface area contributed by atoms with Gasteiger partial charge in [0.2, 0.25) is 5.91 Å². The fourth-order valence-electron chi connectivity index (χ4n) is 5.04. The van der Waals surface area contributed by atoms with Gasteiger partial charge in [0.05, 0.1) is 12.8 Å². The number of ether oxygens (including phenoxy) is 1. The van der Waals surface area contributed by atoms with Crippen molar-refractivity contribution in [2.45, 2.75) is 77.7 Å². The number of carboxylic acids is 1. The highest BCUT2D eigenvalue weighted by Crippen LogP contribution is 2.23. The van der Waals surface area contributed by atoms with E-state index in [1.54, 1.807) is 18.3 Å². The molecule has 1 unspecified atom stereocenters. The van der Waals surface area contributed by atoms with Gasteiger partial charge >= 0.3 is 5.97 Å². The minimum atomic E-state index is -1.18. The summed E-state index contributed by atoms with van der Waals surface area (Å²) in [6.45, 7) is 8.61. The summed E-state index contributed by atoms with van der Waals surface area (Å²) in [6.07, 6.45) is 7.78. The number of benzene rings is 3. The Kier molecular flexibility index (Phi) is 12.8. The first-order valence-electron chi connectivity index (χ1n) is 16.5. The molecule has 252 valence electrons. The van der Waals surface area contributed by atoms with Crippen LogP contribution in [-0.4, -0.2) is 57.3 Å². The molecular weight excluding hydrogens is 606 g/mol. The number of carboxylic acid groups (broad SMARTS) is 1. The molecule has 0 aliphatic rings. The highest BCUT2D eigenvalue weighted by Gasteiger charge is 2.23. The van der Waals surface area contributed by atoms with Gasteiger partial charge in [-0.3, -0.25) is 14.4 Å². The van der Waals surface area contributed by atoms with Crippen LogP contribution in [0.2, 0.25) is 0 Å². The number of carbonyl (C=O) groups is 3. The van der Waals surface area contributed by atoms with Crippen molar-refractivity contribution in [3.05, 3.63) is 95.7 Å². The van der Waals surface area contributed by atoms with Crippen LogP contribution >= 0.6 is 0 Å². The minimum absolute atomic E-state index is 0.0712. The van der Waals surface area contributed by atoms with Crippen LogP contribution in [0, 0.1) is 0 Å². The summed E-state index contributed by atoms with van der Waals surface area (Å²) in [5.74, 6) is -0.933. The zero-order valence-electron chi connectivity index (χ0n) is 28.2. The maximum Gasteiger partial charge on any atom is 0.322 e. The van der Waals surface area contributed by atoms with E-state index in [-0.39, 0.29) is 11.8 Å². The Labute approximate surface area is 282 Å². The highest BCUT2D eigenvalue weighted by atomic mass is 16.5. The quantitative estimate of drug-likeness (QED) is 0.118. The van der Waals surface area contributed by atoms with E-state index < -0.39 is 30.4 Å². The normalized spacial score (nSPS) is 11.8. The standard InChI is InChI=1S/C38H45N5O5/c1-5-6-7-8-9-22-48-31-20-16-27(17-21-31)33-24-39-35(43-42-33)28-12-10-26(11-13-28)23-32(37(47)40-25-34(44)45)41-36(46)29-14-18-30(19-15-29)38(2,3)4/h10-21,24,32H,5-9,22-23,25H2,1-4H3,(H,40,47)(H,41,46)(H,44,45). The summed E-state index contributed by atoms with van der Waals surface area (Å²) in [5.41, 5.74) is 4.41. The van der Waals surface area contributed by atoms with E-state index in [9.17, 15) is 14.4 Å². The van der Waals surface area contributed by atoms with Gasteiger partial charge in [0.25, 0.3) is 5.91 Å². The second-order valence-electron chi connectivity index (χ2n) is 12.8. The van der Waals surface area contributed by atoms with Crippen molar-refractivity contribution < 1.29 is 24.2 Å². The first-order chi connectivity index (χ1) is 23.0. The lowest BCUT2D eigenvalue weighted by Gasteiger charge is -2.20. The molecule has 0 saturated heterocycles. The van der Waals surface area contributed by atoms with Crippen molar-refractivity contribution >= 4 is 17.8 Å². The summed E-state index contributed by atoms with van der Waals surface area (Å²) >= 11 is 0. The molecule has 4 aromatic rings. The Morgan fingerprint density at radius 1 is 0.833 bits per heavy atom. The number of amides is 2. The highest BCUT2D eigenvalue weighted by molar-refractivity contribution is 5.98. The number of hydrogen-bond acceptors (Lipinski definition) is 7. The van der Waals surface area contributed by atoms with Gasteiger partial charge in [-0.1, -0.05) is 89.8 Å². The van der Waals surface area contributed by atoms with Gasteiger partial charge < -0.3 is 20.5 Å². The predicted molar refractivity (Wildman–Crippen MR) is 186 cm³/mol. The van der Waals surface area contributed by atoms with Gasteiger partial charge in [0.15, 0.2) is 5.82 Å². The summed E-state index contributed by atoms with van der Waals surface area (Å²) in [7, 11) is 0. The molecule has 1 aromatic heterocycles. The van der Waals surface area contributed by atoms with Gasteiger partial charge in [-0.15, -0.1) is 10.2 Å². The lowest BCUT2D eigenvalue weighted by atomic mass is 9.86. The molecule has 0 fully saturated rings. The molecule has 0 radical (unpaired) electrons. The maximum absolute atomic E-state index is 13.1. The van der Waals surface area contributed by atoms with Crippen LogP contribution in [0.4, 0.5) is 0 Å². The molecule has 1 heterocycles. The van der Waals surface area contributed by atoms with Gasteiger partial charge in [-0.05, 0) is 59.4 Å². The first-order valence-corrected chi connectivity index (χ1v) is 16.5. The number of nitrogens with one attached hydrogen (secondary N) is 2. The van der Waals surface area contributed by atoms with Crippen LogP contribution in [-0.2, 0) is 21.4 Å². The lowest BCUT2D eigenvalue weighted by Crippen LogP contribution is -2.49. The zero-order valence-corrected chi connectivity index (χ0v) is 28.2. The molecular formula is C38H45N5O5. The third-order valence-electron chi connectivity index (χ3n) is 7.93. The van der Waals surface area contributed by atoms with E-state index in [1.165, 1.54) is 25.7 Å². The van der Waals surface area contributed by atoms with Crippen LogP contribution in [0.1, 0.15) is 81.3 Å². The van der Waals surface area contributed by atoms with E-state index in [0.717, 1.165) is 34.4 Å². The minimum Gasteiger partial charge on any atom is -0.494 e. The van der Waals surface area contributed by atoms with Gasteiger partial charge in [-0.25, -0.2) is 4.98 Å². The van der Waals surface area contributed by atoms with E-state index in [4.69, 9.17) is 9.84 Å². The summed E-state index contributed by atoms with van der Waals surface area (Å²) in [4.78, 5) is 41.6. The maximum atomic E-state index is 13.1. The number of aromatic nitrogens is 3. The molecule has 3 N–H and O–H groups in total. The van der Waals surface area contributed by atoms with E-state index in [1.807, 2.05) is 60.7 Å². The molecule has 4 rings (SSSR count). The molecule has 48 heavy (non-hydrogen) atoms. The van der Waals surface area contributed by atoms with E-state index in [2.05, 4.69) is 53.5 Å². The number of aliphatic carboxylic acids is 1. The largest absolute Gasteiger partial charge is 0.494 e. The van der Waals surface area contributed by atoms with Crippen LogP contribution in [0.5, 0.6) is 5.75 Å². The number of unbranched alkanes of at least 4 members (excludes halogenated alkanes) is 4. The predicted octanol–water partition coefficient (Wildman–Crippen LogP) is 6.39. The van der Waals surface area contributed by atoms with E-state index in [0.29, 0.717) is 23.7 Å². The van der Waals surface area contributed by atoms with Crippen LogP contribution < -0.4 is 15.4 Å². The van der Waals surface area contributed by atoms with Crippen molar-refractivity contribution in [2.75, 3.05) is 13.2 Å². The van der Waals surface area contributed by atoms with Crippen LogP contribution in [0.25, 0.3) is 22.6 Å². The van der Waals surface area contributed by atoms with Crippen LogP contribution in [0.3, 0.4) is 0 Å².